The Hall–Kier alpha value is -2.28. The second-order valence-corrected chi connectivity index (χ2v) is 4.21. The first-order valence-electron chi connectivity index (χ1n) is 6.28. The van der Waals surface area contributed by atoms with Crippen molar-refractivity contribution >= 4 is 11.9 Å². The Bertz CT molecular complexity index is 502. The molecule has 0 aliphatic heterocycles. The summed E-state index contributed by atoms with van der Waals surface area (Å²) in [6.45, 7) is 0.233. The molecule has 7 nitrogen and oxygen atoms in total. The Labute approximate surface area is 122 Å². The van der Waals surface area contributed by atoms with Crippen molar-refractivity contribution < 1.29 is 28.9 Å². The number of carboxylic acid groups (broad SMARTS) is 1. The van der Waals surface area contributed by atoms with Crippen LogP contribution in [0, 0.1) is 0 Å². The summed E-state index contributed by atoms with van der Waals surface area (Å²) in [6.07, 6.45) is 0.177. The molecule has 1 aromatic rings. The van der Waals surface area contributed by atoms with Gasteiger partial charge in [0.15, 0.2) is 0 Å². The number of nitrogens with one attached hydrogen (secondary N) is 1. The standard InChI is InChI=1S/C14H19NO6/c1-19-7-6-11(14(17)18)15-13(16)10-5-4-9(20-2)8-12(10)21-3/h4-5,8,11H,6-7H2,1-3H3,(H,15,16)(H,17,18). The van der Waals surface area contributed by atoms with E-state index >= 15 is 0 Å². The highest BCUT2D eigenvalue weighted by Crippen LogP contribution is 2.24. The molecule has 1 aromatic carbocycles. The van der Waals surface area contributed by atoms with E-state index in [0.717, 1.165) is 0 Å². The summed E-state index contributed by atoms with van der Waals surface area (Å²) in [5.74, 6) is -0.800. The fraction of sp³-hybridized carbons (Fsp3) is 0.429. The van der Waals surface area contributed by atoms with E-state index in [1.807, 2.05) is 0 Å². The Kier molecular flexibility index (Phi) is 6.48. The van der Waals surface area contributed by atoms with E-state index in [9.17, 15) is 9.59 Å². The zero-order valence-corrected chi connectivity index (χ0v) is 12.2. The fourth-order valence-corrected chi connectivity index (χ4v) is 1.72. The topological polar surface area (TPSA) is 94.1 Å². The van der Waals surface area contributed by atoms with Gasteiger partial charge in [-0.15, -0.1) is 0 Å². The first kappa shape index (κ1) is 16.8. The SMILES string of the molecule is COCCC(NC(=O)c1ccc(OC)cc1OC)C(=O)O. The van der Waals surface area contributed by atoms with Crippen LogP contribution in [0.5, 0.6) is 11.5 Å². The van der Waals surface area contributed by atoms with Crippen LogP contribution in [0.4, 0.5) is 0 Å². The second kappa shape index (κ2) is 8.11. The molecule has 0 heterocycles. The van der Waals surface area contributed by atoms with Gasteiger partial charge in [-0.3, -0.25) is 4.79 Å². The Morgan fingerprint density at radius 2 is 1.95 bits per heavy atom. The maximum atomic E-state index is 12.2. The van der Waals surface area contributed by atoms with Crippen molar-refractivity contribution in [2.45, 2.75) is 12.5 Å². The summed E-state index contributed by atoms with van der Waals surface area (Å²) >= 11 is 0. The minimum atomic E-state index is -1.12. The van der Waals surface area contributed by atoms with Gasteiger partial charge in [-0.25, -0.2) is 4.79 Å². The van der Waals surface area contributed by atoms with Crippen LogP contribution in [0.15, 0.2) is 18.2 Å². The van der Waals surface area contributed by atoms with Gasteiger partial charge >= 0.3 is 5.97 Å². The largest absolute Gasteiger partial charge is 0.497 e. The number of ether oxygens (including phenoxy) is 3. The molecule has 1 atom stereocenters. The summed E-state index contributed by atoms with van der Waals surface area (Å²) in [5, 5.41) is 11.5. The Balaban J connectivity index is 2.89. The number of benzene rings is 1. The van der Waals surface area contributed by atoms with Crippen LogP contribution in [0.2, 0.25) is 0 Å². The molecule has 1 unspecified atom stereocenters. The van der Waals surface area contributed by atoms with Crippen molar-refractivity contribution in [3.63, 3.8) is 0 Å². The van der Waals surface area contributed by atoms with E-state index < -0.39 is 17.9 Å². The maximum Gasteiger partial charge on any atom is 0.326 e. The Morgan fingerprint density at radius 3 is 2.48 bits per heavy atom. The summed E-state index contributed by atoms with van der Waals surface area (Å²) in [4.78, 5) is 23.3. The molecule has 1 rings (SSSR count). The molecule has 0 radical (unpaired) electrons. The quantitative estimate of drug-likeness (QED) is 0.741. The van der Waals surface area contributed by atoms with Gasteiger partial charge in [-0.2, -0.15) is 0 Å². The molecular formula is C14H19NO6. The van der Waals surface area contributed by atoms with Gasteiger partial charge in [0.25, 0.3) is 5.91 Å². The van der Waals surface area contributed by atoms with Crippen molar-refractivity contribution in [1.29, 1.82) is 0 Å². The van der Waals surface area contributed by atoms with E-state index in [2.05, 4.69) is 5.32 Å². The zero-order chi connectivity index (χ0) is 15.8. The molecule has 2 N–H and O–H groups in total. The zero-order valence-electron chi connectivity index (χ0n) is 12.2. The molecule has 21 heavy (non-hydrogen) atoms. The number of carbonyl (C=O) groups excluding carboxylic acids is 1. The number of carbonyl (C=O) groups is 2. The molecule has 0 spiro atoms. The van der Waals surface area contributed by atoms with Crippen LogP contribution < -0.4 is 14.8 Å². The predicted octanol–water partition coefficient (Wildman–Crippen LogP) is 0.923. The van der Waals surface area contributed by atoms with Crippen LogP contribution in [0.3, 0.4) is 0 Å². The fourth-order valence-electron chi connectivity index (χ4n) is 1.72. The van der Waals surface area contributed by atoms with Crippen molar-refractivity contribution in [3.05, 3.63) is 23.8 Å². The van der Waals surface area contributed by atoms with Crippen LogP contribution >= 0.6 is 0 Å². The highest BCUT2D eigenvalue weighted by atomic mass is 16.5. The molecule has 1 amide bonds. The Morgan fingerprint density at radius 1 is 1.24 bits per heavy atom. The number of rotatable bonds is 8. The van der Waals surface area contributed by atoms with Crippen LogP contribution in [0.1, 0.15) is 16.8 Å². The third-order valence-electron chi connectivity index (χ3n) is 2.87. The van der Waals surface area contributed by atoms with E-state index in [4.69, 9.17) is 19.3 Å². The first-order chi connectivity index (χ1) is 10.0. The first-order valence-corrected chi connectivity index (χ1v) is 6.28. The van der Waals surface area contributed by atoms with Gasteiger partial charge in [-0.05, 0) is 12.1 Å². The predicted molar refractivity (Wildman–Crippen MR) is 74.9 cm³/mol. The lowest BCUT2D eigenvalue weighted by Gasteiger charge is -2.15. The van der Waals surface area contributed by atoms with Gasteiger partial charge < -0.3 is 24.6 Å². The summed E-state index contributed by atoms with van der Waals surface area (Å²) in [5.41, 5.74) is 0.238. The molecule has 0 aromatic heterocycles. The van der Waals surface area contributed by atoms with E-state index in [-0.39, 0.29) is 18.6 Å². The van der Waals surface area contributed by atoms with Gasteiger partial charge in [0.1, 0.15) is 17.5 Å². The molecule has 0 saturated carbocycles. The molecular weight excluding hydrogens is 278 g/mol. The number of amides is 1. The number of hydrogen-bond acceptors (Lipinski definition) is 5. The van der Waals surface area contributed by atoms with Gasteiger partial charge in [-0.1, -0.05) is 0 Å². The van der Waals surface area contributed by atoms with Gasteiger partial charge in [0.2, 0.25) is 0 Å². The van der Waals surface area contributed by atoms with Gasteiger partial charge in [0.05, 0.1) is 19.8 Å². The highest BCUT2D eigenvalue weighted by Gasteiger charge is 2.22. The summed E-state index contributed by atoms with van der Waals surface area (Å²) < 4.78 is 15.0. The molecule has 0 fully saturated rings. The lowest BCUT2D eigenvalue weighted by molar-refractivity contribution is -0.139. The van der Waals surface area contributed by atoms with Crippen molar-refractivity contribution in [2.24, 2.45) is 0 Å². The van der Waals surface area contributed by atoms with Gasteiger partial charge in [0, 0.05) is 26.2 Å². The monoisotopic (exact) mass is 297 g/mol. The number of carboxylic acids is 1. The van der Waals surface area contributed by atoms with E-state index in [0.29, 0.717) is 11.5 Å². The minimum absolute atomic E-state index is 0.177. The molecule has 116 valence electrons. The van der Waals surface area contributed by atoms with Crippen molar-refractivity contribution in [3.8, 4) is 11.5 Å². The van der Waals surface area contributed by atoms with E-state index in [1.54, 1.807) is 12.1 Å². The third-order valence-corrected chi connectivity index (χ3v) is 2.87. The molecule has 0 aliphatic carbocycles. The summed E-state index contributed by atoms with van der Waals surface area (Å²) in [6, 6.07) is 3.65. The van der Waals surface area contributed by atoms with Crippen LogP contribution in [0.25, 0.3) is 0 Å². The normalized spacial score (nSPS) is 11.6. The minimum Gasteiger partial charge on any atom is -0.497 e. The number of aliphatic carboxylic acids is 1. The molecule has 0 saturated heterocycles. The number of hydrogen-bond donors (Lipinski definition) is 2. The van der Waals surface area contributed by atoms with Crippen molar-refractivity contribution in [1.82, 2.24) is 5.32 Å². The molecule has 7 heteroatoms. The second-order valence-electron chi connectivity index (χ2n) is 4.21. The lowest BCUT2D eigenvalue weighted by Crippen LogP contribution is -2.41. The smallest absolute Gasteiger partial charge is 0.326 e. The van der Waals surface area contributed by atoms with E-state index in [1.165, 1.54) is 27.4 Å². The maximum absolute atomic E-state index is 12.2. The molecule has 0 bridgehead atoms. The lowest BCUT2D eigenvalue weighted by atomic mass is 10.1. The average Bonchev–Trinajstić information content (AvgIpc) is 2.50. The van der Waals surface area contributed by atoms with Crippen LogP contribution in [-0.2, 0) is 9.53 Å². The molecule has 0 aliphatic rings. The highest BCUT2D eigenvalue weighted by molar-refractivity contribution is 5.99. The van der Waals surface area contributed by atoms with Crippen molar-refractivity contribution in [2.75, 3.05) is 27.9 Å². The number of methoxy groups -OCH3 is 3. The summed E-state index contributed by atoms with van der Waals surface area (Å²) in [7, 11) is 4.39. The van der Waals surface area contributed by atoms with Crippen LogP contribution in [-0.4, -0.2) is 51.0 Å². The average molecular weight is 297 g/mol. The third kappa shape index (κ3) is 4.64.